The Kier molecular flexibility index (Phi) is 4.65. The number of nitrogens with zero attached hydrogens (tertiary/aromatic N) is 3. The van der Waals surface area contributed by atoms with Gasteiger partial charge in [-0.25, -0.2) is 4.68 Å². The molecule has 0 atom stereocenters. The minimum absolute atomic E-state index is 0.00650. The van der Waals surface area contributed by atoms with Crippen LogP contribution in [0.1, 0.15) is 11.1 Å². The third-order valence-electron chi connectivity index (χ3n) is 4.48. The maximum Gasteiger partial charge on any atom is 0.253 e. The number of aryl methyl sites for hydroxylation is 1. The van der Waals surface area contributed by atoms with Crippen LogP contribution in [0.25, 0.3) is 16.9 Å². The quantitative estimate of drug-likeness (QED) is 0.518. The minimum atomic E-state index is 0.00650. The normalized spacial score (nSPS) is 10.9. The summed E-state index contributed by atoms with van der Waals surface area (Å²) in [6.45, 7) is 2.28. The molecule has 0 spiro atoms. The summed E-state index contributed by atoms with van der Waals surface area (Å²) in [6, 6.07) is 21.2. The van der Waals surface area contributed by atoms with Crippen molar-refractivity contribution in [3.8, 4) is 16.9 Å². The summed E-state index contributed by atoms with van der Waals surface area (Å²) in [4.78, 5) is 12.5. The molecule has 5 heteroatoms. The summed E-state index contributed by atoms with van der Waals surface area (Å²) in [5.41, 5.74) is 4.46. The van der Waals surface area contributed by atoms with E-state index >= 15 is 0 Å². The molecule has 0 radical (unpaired) electrons. The third kappa shape index (κ3) is 3.57. The maximum atomic E-state index is 12.5. The Morgan fingerprint density at radius 2 is 1.70 bits per heavy atom. The van der Waals surface area contributed by atoms with Gasteiger partial charge in [0.15, 0.2) is 0 Å². The Morgan fingerprint density at radius 1 is 0.963 bits per heavy atom. The molecule has 0 aliphatic rings. The SMILES string of the molecule is Cc1cccn(Cc2cn(-c3ccccc3)nc2-c2ccc(Cl)cc2)c1=O. The number of rotatable bonds is 4. The second kappa shape index (κ2) is 7.25. The van der Waals surface area contributed by atoms with Gasteiger partial charge in [0.25, 0.3) is 5.56 Å². The van der Waals surface area contributed by atoms with E-state index in [0.29, 0.717) is 11.6 Å². The average molecular weight is 376 g/mol. The van der Waals surface area contributed by atoms with E-state index in [1.807, 2.05) is 84.5 Å². The standard InChI is InChI=1S/C22H18ClN3O/c1-16-6-5-13-25(22(16)27)14-18-15-26(20-7-3-2-4-8-20)24-21(18)17-9-11-19(23)12-10-17/h2-13,15H,14H2,1H3. The molecule has 0 saturated carbocycles. The fourth-order valence-corrected chi connectivity index (χ4v) is 3.18. The monoisotopic (exact) mass is 375 g/mol. The highest BCUT2D eigenvalue weighted by Gasteiger charge is 2.14. The Morgan fingerprint density at radius 3 is 2.44 bits per heavy atom. The summed E-state index contributed by atoms with van der Waals surface area (Å²) >= 11 is 6.04. The van der Waals surface area contributed by atoms with Gasteiger partial charge in [-0.05, 0) is 37.3 Å². The number of aromatic nitrogens is 3. The number of hydrogen-bond donors (Lipinski definition) is 0. The van der Waals surface area contributed by atoms with E-state index < -0.39 is 0 Å². The zero-order chi connectivity index (χ0) is 18.8. The average Bonchev–Trinajstić information content (AvgIpc) is 3.11. The number of halogens is 1. The summed E-state index contributed by atoms with van der Waals surface area (Å²) in [7, 11) is 0. The van der Waals surface area contributed by atoms with Crippen LogP contribution in [0.2, 0.25) is 5.02 Å². The van der Waals surface area contributed by atoms with Gasteiger partial charge in [0.2, 0.25) is 0 Å². The topological polar surface area (TPSA) is 39.8 Å². The van der Waals surface area contributed by atoms with Crippen LogP contribution in [0.3, 0.4) is 0 Å². The molecule has 2 aromatic carbocycles. The maximum absolute atomic E-state index is 12.5. The molecule has 0 aliphatic heterocycles. The lowest BCUT2D eigenvalue weighted by atomic mass is 10.1. The molecule has 0 saturated heterocycles. The van der Waals surface area contributed by atoms with Gasteiger partial charge in [-0.3, -0.25) is 4.79 Å². The van der Waals surface area contributed by atoms with Crippen molar-refractivity contribution in [2.24, 2.45) is 0 Å². The third-order valence-corrected chi connectivity index (χ3v) is 4.73. The van der Waals surface area contributed by atoms with E-state index in [1.54, 1.807) is 10.8 Å². The van der Waals surface area contributed by atoms with E-state index in [4.69, 9.17) is 16.7 Å². The van der Waals surface area contributed by atoms with Gasteiger partial charge in [-0.15, -0.1) is 0 Å². The van der Waals surface area contributed by atoms with Crippen molar-refractivity contribution < 1.29 is 0 Å². The zero-order valence-electron chi connectivity index (χ0n) is 14.8. The molecule has 2 heterocycles. The largest absolute Gasteiger partial charge is 0.311 e. The summed E-state index contributed by atoms with van der Waals surface area (Å²) in [6.07, 6.45) is 3.79. The van der Waals surface area contributed by atoms with Crippen LogP contribution < -0.4 is 5.56 Å². The zero-order valence-corrected chi connectivity index (χ0v) is 15.6. The van der Waals surface area contributed by atoms with Crippen LogP contribution in [0.15, 0.2) is 83.9 Å². The second-order valence-corrected chi connectivity index (χ2v) is 6.85. The van der Waals surface area contributed by atoms with E-state index in [0.717, 1.165) is 28.1 Å². The molecule has 2 aromatic heterocycles. The molecule has 0 aliphatic carbocycles. The van der Waals surface area contributed by atoms with Crippen molar-refractivity contribution in [3.05, 3.63) is 106 Å². The highest BCUT2D eigenvalue weighted by molar-refractivity contribution is 6.30. The first kappa shape index (κ1) is 17.3. The predicted octanol–water partition coefficient (Wildman–Crippen LogP) is 4.71. The van der Waals surface area contributed by atoms with Crippen LogP contribution in [0, 0.1) is 6.92 Å². The van der Waals surface area contributed by atoms with Gasteiger partial charge in [-0.2, -0.15) is 5.10 Å². The highest BCUT2D eigenvalue weighted by atomic mass is 35.5. The predicted molar refractivity (Wildman–Crippen MR) is 109 cm³/mol. The van der Waals surface area contributed by atoms with E-state index in [9.17, 15) is 4.79 Å². The van der Waals surface area contributed by atoms with Crippen LogP contribution in [-0.2, 0) is 6.54 Å². The lowest BCUT2D eigenvalue weighted by Crippen LogP contribution is -2.21. The summed E-state index contributed by atoms with van der Waals surface area (Å²) < 4.78 is 3.56. The van der Waals surface area contributed by atoms with Gasteiger partial charge in [0, 0.05) is 34.1 Å². The molecule has 0 bridgehead atoms. The van der Waals surface area contributed by atoms with E-state index in [-0.39, 0.29) is 5.56 Å². The first-order valence-electron chi connectivity index (χ1n) is 8.68. The van der Waals surface area contributed by atoms with Crippen molar-refractivity contribution in [1.29, 1.82) is 0 Å². The van der Waals surface area contributed by atoms with Gasteiger partial charge < -0.3 is 4.57 Å². The molecule has 0 fully saturated rings. The molecule has 0 unspecified atom stereocenters. The lowest BCUT2D eigenvalue weighted by Gasteiger charge is -2.07. The number of pyridine rings is 1. The Bertz CT molecular complexity index is 1130. The molecule has 27 heavy (non-hydrogen) atoms. The summed E-state index contributed by atoms with van der Waals surface area (Å²) in [5, 5.41) is 5.47. The van der Waals surface area contributed by atoms with Gasteiger partial charge >= 0.3 is 0 Å². The first-order chi connectivity index (χ1) is 13.1. The van der Waals surface area contributed by atoms with Crippen molar-refractivity contribution >= 4 is 11.6 Å². The molecule has 4 rings (SSSR count). The van der Waals surface area contributed by atoms with Crippen LogP contribution >= 0.6 is 11.6 Å². The van der Waals surface area contributed by atoms with Gasteiger partial charge in [0.05, 0.1) is 17.9 Å². The molecule has 0 N–H and O–H groups in total. The Labute approximate surface area is 162 Å². The lowest BCUT2D eigenvalue weighted by molar-refractivity contribution is 0.753. The molecular formula is C22H18ClN3O. The summed E-state index contributed by atoms with van der Waals surface area (Å²) in [5.74, 6) is 0. The number of benzene rings is 2. The Balaban J connectivity index is 1.83. The van der Waals surface area contributed by atoms with Gasteiger partial charge in [0.1, 0.15) is 0 Å². The smallest absolute Gasteiger partial charge is 0.253 e. The van der Waals surface area contributed by atoms with Gasteiger partial charge in [-0.1, -0.05) is 48.0 Å². The van der Waals surface area contributed by atoms with Crippen LogP contribution in [-0.4, -0.2) is 14.3 Å². The molecule has 0 amide bonds. The Hall–Kier alpha value is -3.11. The number of hydrogen-bond acceptors (Lipinski definition) is 2. The van der Waals surface area contributed by atoms with E-state index in [1.165, 1.54) is 0 Å². The molecule has 4 nitrogen and oxygen atoms in total. The second-order valence-electron chi connectivity index (χ2n) is 6.41. The fraction of sp³-hybridized carbons (Fsp3) is 0.0909. The van der Waals surface area contributed by atoms with E-state index in [2.05, 4.69) is 0 Å². The van der Waals surface area contributed by atoms with Crippen LogP contribution in [0.4, 0.5) is 0 Å². The van der Waals surface area contributed by atoms with Crippen molar-refractivity contribution in [3.63, 3.8) is 0 Å². The van der Waals surface area contributed by atoms with Crippen molar-refractivity contribution in [2.75, 3.05) is 0 Å². The molecular weight excluding hydrogens is 358 g/mol. The van der Waals surface area contributed by atoms with Crippen molar-refractivity contribution in [1.82, 2.24) is 14.3 Å². The molecule has 4 aromatic rings. The minimum Gasteiger partial charge on any atom is -0.311 e. The van der Waals surface area contributed by atoms with Crippen molar-refractivity contribution in [2.45, 2.75) is 13.5 Å². The first-order valence-corrected chi connectivity index (χ1v) is 9.05. The molecule has 134 valence electrons. The fourth-order valence-electron chi connectivity index (χ4n) is 3.05. The number of para-hydroxylation sites is 1. The highest BCUT2D eigenvalue weighted by Crippen LogP contribution is 2.25. The van der Waals surface area contributed by atoms with Crippen LogP contribution in [0.5, 0.6) is 0 Å².